The van der Waals surface area contributed by atoms with Crippen LogP contribution in [0.25, 0.3) is 6.08 Å². The molecule has 0 aliphatic carbocycles. The number of thioether (sulfide) groups is 1. The number of benzene rings is 2. The molecule has 0 bridgehead atoms. The molecule has 2 rings (SSSR count). The molecule has 2 N–H and O–H groups in total. The number of hydrogen-bond acceptors (Lipinski definition) is 7. The third-order valence-corrected chi connectivity index (χ3v) is 4.00. The first-order valence-corrected chi connectivity index (χ1v) is 10.6. The summed E-state index contributed by atoms with van der Waals surface area (Å²) >= 11 is 1.70. The zero-order valence-electron chi connectivity index (χ0n) is 21.5. The van der Waals surface area contributed by atoms with Crippen molar-refractivity contribution in [3.05, 3.63) is 64.1 Å². The van der Waals surface area contributed by atoms with Crippen molar-refractivity contribution < 1.29 is 174 Å². The van der Waals surface area contributed by atoms with Gasteiger partial charge < -0.3 is 26.5 Å². The second kappa shape index (κ2) is 27.9. The summed E-state index contributed by atoms with van der Waals surface area (Å²) in [7, 11) is 0. The van der Waals surface area contributed by atoms with Crippen LogP contribution in [0.4, 0.5) is 0 Å². The van der Waals surface area contributed by atoms with Crippen LogP contribution in [0.1, 0.15) is 42.3 Å². The topological polar surface area (TPSA) is 116 Å². The second-order valence-electron chi connectivity index (χ2n) is 5.76. The molecule has 0 saturated heterocycles. The number of ether oxygens (including phenoxy) is 2. The summed E-state index contributed by atoms with van der Waals surface area (Å²) in [5.74, 6) is 1.78. The minimum Gasteiger partial charge on any atom is -1.00 e. The second-order valence-corrected chi connectivity index (χ2v) is 6.51. The fraction of sp³-hybridized carbons (Fsp3) is 0.304. The van der Waals surface area contributed by atoms with Gasteiger partial charge in [0.05, 0.1) is 13.2 Å². The minimum absolute atomic E-state index is 0. The Morgan fingerprint density at radius 1 is 0.909 bits per heavy atom. The number of aryl methyl sites for hydroxylation is 2. The molecule has 2 aromatic carbocycles. The Labute approximate surface area is 320 Å². The molecule has 174 valence electrons. The van der Waals surface area contributed by atoms with Gasteiger partial charge in [-0.25, -0.2) is 0 Å². The molecular weight excluding hydrogens is 686 g/mol. The van der Waals surface area contributed by atoms with Gasteiger partial charge in [-0.15, -0.1) is 11.8 Å². The van der Waals surface area contributed by atoms with E-state index in [1.807, 2.05) is 33.1 Å². The Morgan fingerprint density at radius 3 is 1.70 bits per heavy atom. The van der Waals surface area contributed by atoms with Crippen molar-refractivity contribution in [2.24, 2.45) is 0 Å². The molecule has 0 saturated carbocycles. The van der Waals surface area contributed by atoms with Crippen LogP contribution in [0.2, 0.25) is 0 Å². The minimum atomic E-state index is -0.181. The molecule has 2 aromatic rings. The van der Waals surface area contributed by atoms with E-state index in [0.29, 0.717) is 12.2 Å². The maximum Gasteiger partial charge on any atom is 1.00 e. The van der Waals surface area contributed by atoms with Gasteiger partial charge >= 0.3 is 138 Å². The number of carbonyl (C=O) groups excluding carboxylic acids is 2. The van der Waals surface area contributed by atoms with Crippen LogP contribution >= 0.6 is 11.8 Å². The quantitative estimate of drug-likeness (QED) is 0.171. The van der Waals surface area contributed by atoms with Crippen molar-refractivity contribution in [3.63, 3.8) is 0 Å². The molecule has 7 nitrogen and oxygen atoms in total. The van der Waals surface area contributed by atoms with Gasteiger partial charge in [0.25, 0.3) is 6.47 Å². The molecule has 0 unspecified atom stereocenters. The standard InChI is InChI=1S/C12H16OS.C10H12O2.CH2O3.2Cs.H2O.H/c1-4-13-12-9-11(7-8-14-3)6-5-10(12)2;1-3-12-10-6-9(7-11)5-4-8(10)2;2-1-4-3;;;;/h5-9H,4H2,1-3H3;4-7H,3H2,1-2H3;1,3H;;;1H2;/q;;;2*+1;;-1/p-1/b8-7+;;;;;;. The predicted octanol–water partition coefficient (Wildman–Crippen LogP) is -2.34. The maximum atomic E-state index is 10.4. The van der Waals surface area contributed by atoms with E-state index >= 15 is 0 Å². The number of hydrogen-bond donors (Lipinski definition) is 0. The molecular formula is C23H32Cs2O7S. The Bertz CT molecular complexity index is 809. The zero-order chi connectivity index (χ0) is 22.8. The largest absolute Gasteiger partial charge is 1.00 e. The molecule has 0 atom stereocenters. The average Bonchev–Trinajstić information content (AvgIpc) is 2.76. The van der Waals surface area contributed by atoms with Gasteiger partial charge in [-0.05, 0) is 74.3 Å². The summed E-state index contributed by atoms with van der Waals surface area (Å²) in [6.07, 6.45) is 4.96. The van der Waals surface area contributed by atoms with E-state index in [0.717, 1.165) is 30.0 Å². The van der Waals surface area contributed by atoms with Crippen LogP contribution in [0.15, 0.2) is 41.8 Å². The van der Waals surface area contributed by atoms with Gasteiger partial charge in [0, 0.05) is 5.56 Å². The van der Waals surface area contributed by atoms with Crippen molar-refractivity contribution in [3.8, 4) is 11.5 Å². The van der Waals surface area contributed by atoms with Crippen LogP contribution in [-0.4, -0.2) is 37.7 Å². The first-order valence-electron chi connectivity index (χ1n) is 9.30. The first-order chi connectivity index (χ1) is 14.5. The van der Waals surface area contributed by atoms with Crippen molar-refractivity contribution in [1.82, 2.24) is 0 Å². The summed E-state index contributed by atoms with van der Waals surface area (Å²) in [4.78, 5) is 21.7. The van der Waals surface area contributed by atoms with E-state index in [1.54, 1.807) is 23.9 Å². The molecule has 10 heteroatoms. The van der Waals surface area contributed by atoms with E-state index < -0.39 is 0 Å². The molecule has 0 fully saturated rings. The predicted molar refractivity (Wildman–Crippen MR) is 125 cm³/mol. The first kappa shape index (κ1) is 41.4. The average molecular weight is 718 g/mol. The summed E-state index contributed by atoms with van der Waals surface area (Å²) in [6.45, 7) is 9.11. The Balaban J connectivity index is -0.000000130. The molecule has 0 heterocycles. The van der Waals surface area contributed by atoms with Gasteiger partial charge in [0.1, 0.15) is 17.8 Å². The molecule has 0 aliphatic rings. The van der Waals surface area contributed by atoms with E-state index in [9.17, 15) is 4.79 Å². The van der Waals surface area contributed by atoms with E-state index in [1.165, 1.54) is 11.1 Å². The summed E-state index contributed by atoms with van der Waals surface area (Å²) in [5.41, 5.74) is 4.09. The molecule has 0 aromatic heterocycles. The summed E-state index contributed by atoms with van der Waals surface area (Å²) in [5, 5.41) is 10.5. The van der Waals surface area contributed by atoms with E-state index in [4.69, 9.17) is 19.5 Å². The molecule has 0 radical (unpaired) electrons. The van der Waals surface area contributed by atoms with Crippen molar-refractivity contribution in [2.45, 2.75) is 27.7 Å². The zero-order valence-corrected chi connectivity index (χ0v) is 33.9. The van der Waals surface area contributed by atoms with Crippen LogP contribution in [0.5, 0.6) is 11.5 Å². The van der Waals surface area contributed by atoms with Gasteiger partial charge in [-0.1, -0.05) is 24.3 Å². The van der Waals surface area contributed by atoms with Gasteiger partial charge in [0.15, 0.2) is 0 Å². The monoisotopic (exact) mass is 718 g/mol. The van der Waals surface area contributed by atoms with E-state index in [2.05, 4.69) is 41.5 Å². The molecule has 33 heavy (non-hydrogen) atoms. The number of aldehydes is 1. The number of rotatable bonds is 8. The van der Waals surface area contributed by atoms with Crippen molar-refractivity contribution >= 4 is 30.6 Å². The fourth-order valence-corrected chi connectivity index (χ4v) is 2.47. The molecule has 0 aliphatic heterocycles. The van der Waals surface area contributed by atoms with Crippen LogP contribution in [-0.2, 0) is 9.68 Å². The normalized spacial score (nSPS) is 8.67. The molecule has 0 amide bonds. The summed E-state index contributed by atoms with van der Waals surface area (Å²) < 4.78 is 10.8. The van der Waals surface area contributed by atoms with Crippen molar-refractivity contribution in [1.29, 1.82) is 0 Å². The maximum absolute atomic E-state index is 10.4. The molecule has 0 spiro atoms. The van der Waals surface area contributed by atoms with Crippen LogP contribution < -0.4 is 153 Å². The van der Waals surface area contributed by atoms with Gasteiger partial charge in [0.2, 0.25) is 0 Å². The third-order valence-electron chi connectivity index (χ3n) is 3.60. The van der Waals surface area contributed by atoms with Crippen molar-refractivity contribution in [2.75, 3.05) is 19.5 Å². The van der Waals surface area contributed by atoms with Gasteiger partial charge in [-0.3, -0.25) is 9.59 Å². The smallest absolute Gasteiger partial charge is 1.00 e. The Kier molecular flexibility index (Phi) is 35.0. The van der Waals surface area contributed by atoms with Crippen LogP contribution in [0, 0.1) is 13.8 Å². The number of carbonyl (C=O) groups is 2. The Morgan fingerprint density at radius 2 is 1.33 bits per heavy atom. The van der Waals surface area contributed by atoms with Gasteiger partial charge in [-0.2, -0.15) is 0 Å². The Hall–Kier alpha value is 1.29. The van der Waals surface area contributed by atoms with Crippen LogP contribution in [0.3, 0.4) is 0 Å². The summed E-state index contributed by atoms with van der Waals surface area (Å²) in [6, 6.07) is 11.7. The third kappa shape index (κ3) is 20.1. The van der Waals surface area contributed by atoms with E-state index in [-0.39, 0.29) is 151 Å². The SMILES string of the molecule is CCOc1cc(/C=C/SC)ccc1C.CCOc1cc(C=O)ccc1C.O.O=CO[O-].[Cs+].[Cs+].[H-]. The fourth-order valence-electron chi connectivity index (χ4n) is 2.18.